The number of hydrogen-bond acceptors (Lipinski definition) is 3. The number of rotatable bonds is 11. The van der Waals surface area contributed by atoms with Gasteiger partial charge in [-0.1, -0.05) is 406 Å². The second kappa shape index (κ2) is 32.3. The Labute approximate surface area is 746 Å². The summed E-state index contributed by atoms with van der Waals surface area (Å²) in [5.74, 6) is 0. The minimum absolute atomic E-state index is 0.917. The normalized spacial score (nSPS) is 11.6. The minimum Gasteiger partial charge on any atom is -0.456 e. The highest BCUT2D eigenvalue weighted by Crippen LogP contribution is 2.50. The maximum atomic E-state index is 6.11. The van der Waals surface area contributed by atoms with Crippen LogP contribution in [0.25, 0.3) is 253 Å². The summed E-state index contributed by atoms with van der Waals surface area (Å²) in [5.41, 5.74) is 32.5. The van der Waals surface area contributed by atoms with E-state index in [9.17, 15) is 0 Å². The van der Waals surface area contributed by atoms with Gasteiger partial charge in [-0.25, -0.2) is 0 Å². The monoisotopic (exact) mass is 1640 g/mol. The topological polar surface area (TPSA) is 39.4 Å². The Balaban J connectivity index is 0.000000108. The van der Waals surface area contributed by atoms with Gasteiger partial charge in [0.25, 0.3) is 0 Å². The van der Waals surface area contributed by atoms with E-state index in [1.165, 1.54) is 187 Å². The van der Waals surface area contributed by atoms with Gasteiger partial charge >= 0.3 is 0 Å². The highest BCUT2D eigenvalue weighted by atomic mass is 16.3. The number of benzene rings is 23. The fourth-order valence-corrected chi connectivity index (χ4v) is 20.1. The Hall–Kier alpha value is -17.0. The smallest absolute Gasteiger partial charge is 0.135 e. The van der Waals surface area contributed by atoms with Gasteiger partial charge in [0.1, 0.15) is 33.5 Å². The lowest BCUT2D eigenvalue weighted by Gasteiger charge is -2.19. The Morgan fingerprint density at radius 3 is 0.574 bits per heavy atom. The molecule has 129 heavy (non-hydrogen) atoms. The zero-order valence-corrected chi connectivity index (χ0v) is 70.4. The Kier molecular flexibility index (Phi) is 19.0. The summed E-state index contributed by atoms with van der Waals surface area (Å²) in [4.78, 5) is 0. The van der Waals surface area contributed by atoms with Crippen LogP contribution in [0.15, 0.2) is 499 Å². The third-order valence-electron chi connectivity index (χ3n) is 26.0. The van der Waals surface area contributed by atoms with Gasteiger partial charge < -0.3 is 13.3 Å². The molecular weight excluding hydrogens is 1560 g/mol. The van der Waals surface area contributed by atoms with Crippen molar-refractivity contribution in [2.45, 2.75) is 0 Å². The first kappa shape index (κ1) is 75.7. The Bertz CT molecular complexity index is 8730. The maximum absolute atomic E-state index is 6.11. The lowest BCUT2D eigenvalue weighted by atomic mass is 9.84. The molecule has 26 rings (SSSR count). The standard InChI is InChI=1S/2C44H28O.C38H24O/c1-3-11-29(12-4-1)33-23-25-38-40(28-33)44(31-13-5-2-6-14-31)37-17-8-7-16-36(37)43(38)32-21-19-30(20-22-32)34-24-26-42-39(27-34)35-15-9-10-18-41(35)45-42;1-2-12-29(13-3-1)30-14-10-16-33(26-30)43-36-19-4-6-21-38(36)44(39-22-7-5-20-37(39)43)34-17-11-15-31(27-34)32-24-25-42-40(28-32)35-18-8-9-23-41(35)45-42;1-2-11-25(12-3-1)37-30-16-4-6-18-32(30)38(33-19-7-5-17-31(33)37)28-14-10-13-26(23-28)27-21-22-36-34(24-27)29-15-8-9-20-35(29)39-36/h2*1-28H;1-24H. The van der Waals surface area contributed by atoms with E-state index in [-0.39, 0.29) is 0 Å². The molecule has 0 fully saturated rings. The largest absolute Gasteiger partial charge is 0.456 e. The fourth-order valence-electron chi connectivity index (χ4n) is 20.1. The summed E-state index contributed by atoms with van der Waals surface area (Å²) in [5, 5.41) is 22.0. The van der Waals surface area contributed by atoms with Crippen molar-refractivity contribution in [1.82, 2.24) is 0 Å². The quantitative estimate of drug-likeness (QED) is 0.121. The van der Waals surface area contributed by atoms with Gasteiger partial charge in [-0.05, 0) is 266 Å². The van der Waals surface area contributed by atoms with Crippen molar-refractivity contribution < 1.29 is 13.3 Å². The van der Waals surface area contributed by atoms with E-state index in [1.54, 1.807) is 0 Å². The van der Waals surface area contributed by atoms with E-state index in [2.05, 4.69) is 449 Å². The summed E-state index contributed by atoms with van der Waals surface area (Å²) in [6.45, 7) is 0. The second-order valence-corrected chi connectivity index (χ2v) is 33.4. The molecule has 602 valence electrons. The van der Waals surface area contributed by atoms with Crippen LogP contribution in [0.5, 0.6) is 0 Å². The molecule has 23 aromatic carbocycles. The molecule has 0 amide bonds. The van der Waals surface area contributed by atoms with E-state index < -0.39 is 0 Å². The first-order valence-corrected chi connectivity index (χ1v) is 44.2. The Morgan fingerprint density at radius 1 is 0.0853 bits per heavy atom. The molecule has 0 atom stereocenters. The molecule has 0 aliphatic carbocycles. The molecule has 0 aliphatic rings. The lowest BCUT2D eigenvalue weighted by molar-refractivity contribution is 0.668. The van der Waals surface area contributed by atoms with Crippen LogP contribution in [0.3, 0.4) is 0 Å². The second-order valence-electron chi connectivity index (χ2n) is 33.4. The van der Waals surface area contributed by atoms with Gasteiger partial charge in [0, 0.05) is 32.3 Å². The predicted octanol–water partition coefficient (Wildman–Crippen LogP) is 36.0. The summed E-state index contributed by atoms with van der Waals surface area (Å²) < 4.78 is 18.3. The first-order chi connectivity index (χ1) is 64.0. The van der Waals surface area contributed by atoms with Crippen LogP contribution in [0.2, 0.25) is 0 Å². The van der Waals surface area contributed by atoms with Gasteiger partial charge in [0.15, 0.2) is 0 Å². The Morgan fingerprint density at radius 2 is 0.256 bits per heavy atom. The van der Waals surface area contributed by atoms with Gasteiger partial charge in [-0.3, -0.25) is 0 Å². The molecule has 0 spiro atoms. The van der Waals surface area contributed by atoms with Gasteiger partial charge in [0.2, 0.25) is 0 Å². The van der Waals surface area contributed by atoms with Crippen molar-refractivity contribution in [3.63, 3.8) is 0 Å². The van der Waals surface area contributed by atoms with Crippen molar-refractivity contribution in [1.29, 1.82) is 0 Å². The first-order valence-electron chi connectivity index (χ1n) is 44.2. The molecule has 0 saturated heterocycles. The third kappa shape index (κ3) is 13.6. The lowest BCUT2D eigenvalue weighted by Crippen LogP contribution is -1.92. The number of fused-ring (bicyclic) bond motifs is 15. The highest BCUT2D eigenvalue weighted by Gasteiger charge is 2.23. The van der Waals surface area contributed by atoms with Crippen LogP contribution < -0.4 is 0 Å². The van der Waals surface area contributed by atoms with Crippen molar-refractivity contribution in [2.24, 2.45) is 0 Å². The molecule has 0 unspecified atom stereocenters. The van der Waals surface area contributed by atoms with Crippen molar-refractivity contribution >= 4 is 130 Å². The van der Waals surface area contributed by atoms with E-state index in [4.69, 9.17) is 13.3 Å². The zero-order chi connectivity index (χ0) is 85.2. The van der Waals surface area contributed by atoms with Crippen LogP contribution in [-0.4, -0.2) is 0 Å². The molecule has 0 aliphatic heterocycles. The van der Waals surface area contributed by atoms with Crippen LogP contribution >= 0.6 is 0 Å². The third-order valence-corrected chi connectivity index (χ3v) is 26.0. The van der Waals surface area contributed by atoms with E-state index in [1.807, 2.05) is 36.4 Å². The van der Waals surface area contributed by atoms with Crippen LogP contribution in [0, 0.1) is 0 Å². The van der Waals surface area contributed by atoms with Crippen molar-refractivity contribution in [3.8, 4) is 122 Å². The molecule has 3 nitrogen and oxygen atoms in total. The van der Waals surface area contributed by atoms with Gasteiger partial charge in [0.05, 0.1) is 0 Å². The van der Waals surface area contributed by atoms with Crippen molar-refractivity contribution in [3.05, 3.63) is 485 Å². The minimum atomic E-state index is 0.917. The van der Waals surface area contributed by atoms with Crippen LogP contribution in [0.4, 0.5) is 0 Å². The summed E-state index contributed by atoms with van der Waals surface area (Å²) >= 11 is 0. The highest BCUT2D eigenvalue weighted by molar-refractivity contribution is 6.25. The number of hydrogen-bond donors (Lipinski definition) is 0. The summed E-state index contributed by atoms with van der Waals surface area (Å²) in [6, 6.07) is 174. The predicted molar refractivity (Wildman–Crippen MR) is 546 cm³/mol. The molecule has 3 aromatic heterocycles. The van der Waals surface area contributed by atoms with Crippen LogP contribution in [-0.2, 0) is 0 Å². The molecule has 0 N–H and O–H groups in total. The molecular formula is C126H80O3. The average Bonchev–Trinajstić information content (AvgIpc) is 1.71. The van der Waals surface area contributed by atoms with Crippen molar-refractivity contribution in [2.75, 3.05) is 0 Å². The SMILES string of the molecule is c1ccc(-c2c3ccccc3c(-c3cccc(-c4ccc5oc6ccccc6c5c4)c3)c3ccccc23)cc1.c1ccc(-c2ccc3c(-c4ccc(-c5ccc6oc7ccccc7c6c5)cc4)c4ccccc4c(-c4ccccc4)c3c2)cc1.c1ccc(-c2cccc(-c3c4ccccc4c(-c4cccc(-c5ccc6oc7ccccc7c6c5)c4)c4ccccc34)c2)cc1. The van der Waals surface area contributed by atoms with E-state index in [0.29, 0.717) is 0 Å². The number of furan rings is 3. The molecule has 3 heteroatoms. The number of para-hydroxylation sites is 3. The maximum Gasteiger partial charge on any atom is 0.135 e. The molecule has 3 heterocycles. The fraction of sp³-hybridized carbons (Fsp3) is 0. The summed E-state index contributed by atoms with van der Waals surface area (Å²) in [7, 11) is 0. The van der Waals surface area contributed by atoms with Gasteiger partial charge in [-0.15, -0.1) is 0 Å². The van der Waals surface area contributed by atoms with E-state index in [0.717, 1.165) is 65.8 Å². The molecule has 0 bridgehead atoms. The molecule has 0 radical (unpaired) electrons. The van der Waals surface area contributed by atoms with E-state index >= 15 is 0 Å². The average molecular weight is 1640 g/mol. The van der Waals surface area contributed by atoms with Gasteiger partial charge in [-0.2, -0.15) is 0 Å². The summed E-state index contributed by atoms with van der Waals surface area (Å²) in [6.07, 6.45) is 0. The van der Waals surface area contributed by atoms with Crippen LogP contribution in [0.1, 0.15) is 0 Å². The zero-order valence-electron chi connectivity index (χ0n) is 70.4. The molecule has 26 aromatic rings. The molecule has 0 saturated carbocycles.